The summed E-state index contributed by atoms with van der Waals surface area (Å²) >= 11 is 12.7. The molecule has 3 aliphatic rings. The van der Waals surface area contributed by atoms with Crippen molar-refractivity contribution in [3.63, 3.8) is 0 Å². The predicted molar refractivity (Wildman–Crippen MR) is 309 cm³/mol. The number of aliphatic imine (C=N–C) groups is 1. The van der Waals surface area contributed by atoms with Gasteiger partial charge in [0.1, 0.15) is 53.6 Å². The normalized spacial score (nSPS) is 17.0. The van der Waals surface area contributed by atoms with Gasteiger partial charge in [0.25, 0.3) is 5.91 Å². The van der Waals surface area contributed by atoms with Gasteiger partial charge >= 0.3 is 6.03 Å². The van der Waals surface area contributed by atoms with Crippen molar-refractivity contribution in [2.24, 2.45) is 4.99 Å². The monoisotopic (exact) mass is 1170 g/mol. The molecule has 3 aliphatic heterocycles. The van der Waals surface area contributed by atoms with Crippen LogP contribution in [0.1, 0.15) is 89.4 Å². The Morgan fingerprint density at radius 1 is 0.904 bits per heavy atom. The minimum absolute atomic E-state index is 0.00439. The second kappa shape index (κ2) is 26.3. The smallest absolute Gasteiger partial charge is 0.326 e. The van der Waals surface area contributed by atoms with Gasteiger partial charge in [-0.1, -0.05) is 47.5 Å². The van der Waals surface area contributed by atoms with E-state index in [1.54, 1.807) is 85.3 Å². The molecule has 9 rings (SSSR count). The number of pyridine rings is 1. The van der Waals surface area contributed by atoms with E-state index < -0.39 is 35.9 Å². The van der Waals surface area contributed by atoms with Crippen LogP contribution in [0.4, 0.5) is 15.0 Å². The number of aromatic nitrogens is 3. The molecular weight excluding hydrogens is 1110 g/mol. The van der Waals surface area contributed by atoms with E-state index in [1.807, 2.05) is 44.2 Å². The number of fused-ring (bicyclic) bond motifs is 5. The van der Waals surface area contributed by atoms with Crippen LogP contribution in [-0.2, 0) is 32.2 Å². The number of methoxy groups -OCH3 is 1. The van der Waals surface area contributed by atoms with E-state index in [1.165, 1.54) is 38.9 Å². The molecule has 0 saturated carbocycles. The summed E-state index contributed by atoms with van der Waals surface area (Å²) in [6.07, 6.45) is 0.574. The number of nitriles is 1. The van der Waals surface area contributed by atoms with E-state index in [0.717, 1.165) is 11.1 Å². The highest BCUT2D eigenvalue weighted by atomic mass is 35.5. The first kappa shape index (κ1) is 59.3. The lowest BCUT2D eigenvalue weighted by atomic mass is 9.93. The maximum atomic E-state index is 15.1. The largest absolute Gasteiger partial charge is 0.497 e. The van der Waals surface area contributed by atoms with E-state index in [-0.39, 0.29) is 113 Å². The van der Waals surface area contributed by atoms with E-state index >= 15 is 4.79 Å². The van der Waals surface area contributed by atoms with Gasteiger partial charge in [-0.05, 0) is 92.6 Å². The number of amides is 5. The van der Waals surface area contributed by atoms with Crippen molar-refractivity contribution in [3.05, 3.63) is 152 Å². The Balaban J connectivity index is 0.770. The number of halogens is 3. The first-order valence-corrected chi connectivity index (χ1v) is 27.8. The van der Waals surface area contributed by atoms with Crippen LogP contribution in [0.15, 0.2) is 102 Å². The number of likely N-dealkylation sites (N-methyl/N-ethyl adjacent to an activating group) is 1. The van der Waals surface area contributed by atoms with Gasteiger partial charge in [-0.3, -0.25) is 29.0 Å². The Hall–Kier alpha value is -8.29. The average molecular weight is 1170 g/mol. The fourth-order valence-corrected chi connectivity index (χ4v) is 10.5. The lowest BCUT2D eigenvalue weighted by Crippen LogP contribution is -2.56. The molecule has 5 heterocycles. The lowest BCUT2D eigenvalue weighted by molar-refractivity contribution is -0.135. The van der Waals surface area contributed by atoms with Gasteiger partial charge in [-0.25, -0.2) is 14.2 Å². The summed E-state index contributed by atoms with van der Waals surface area (Å²) in [5.41, 5.74) is 10.4. The molecule has 83 heavy (non-hydrogen) atoms. The first-order chi connectivity index (χ1) is 39.9. The molecule has 0 aliphatic carbocycles. The number of benzene rings is 4. The molecule has 2 N–H and O–H groups in total. The standard InChI is InChI=1S/C60H64Cl2FN11O9/c1-36(2)82-50-31-44(79-6)16-18-46(50)58-67-55(38-7-11-41(61)12-8-38)56(39-9-13-42(62)14-10-39)74(58)60(78)72-22-21-71(53(76)35-72)24-26-81-28-27-80-25-19-52(75)69(4)20-23-73-49(32-64)54-40-29-51(57(65)66-33-40)83-37(3)47-30-43(63)15-17-45(47)59(77)70(5)34-48(54)68-73/h7-18,29-31,33,36-37,55-56H,19-28,34-35H2,1-6H3,(H2,65,66)/t37-,55-,56+/m1/s1. The predicted octanol–water partition coefficient (Wildman–Crippen LogP) is 8.76. The number of hydrogen-bond acceptors (Lipinski definition) is 14. The number of nitrogen functional groups attached to an aromatic ring is 1. The highest BCUT2D eigenvalue weighted by Crippen LogP contribution is 2.46. The molecule has 20 nitrogen and oxygen atoms in total. The summed E-state index contributed by atoms with van der Waals surface area (Å²) < 4.78 is 45.6. The topological polar surface area (TPSA) is 224 Å². The Labute approximate surface area is 490 Å². The maximum Gasteiger partial charge on any atom is 0.326 e. The molecule has 3 atom stereocenters. The zero-order valence-corrected chi connectivity index (χ0v) is 48.4. The summed E-state index contributed by atoms with van der Waals surface area (Å²) in [6.45, 7) is 7.23. The van der Waals surface area contributed by atoms with Crippen molar-refractivity contribution >= 4 is 58.6 Å². The third-order valence-corrected chi connectivity index (χ3v) is 15.0. The zero-order chi connectivity index (χ0) is 59.1. The van der Waals surface area contributed by atoms with Crippen molar-refractivity contribution in [2.45, 2.75) is 64.6 Å². The average Bonchev–Trinajstić information content (AvgIpc) is 2.93. The van der Waals surface area contributed by atoms with E-state index in [0.29, 0.717) is 61.9 Å². The van der Waals surface area contributed by atoms with Crippen LogP contribution in [0.3, 0.4) is 0 Å². The van der Waals surface area contributed by atoms with Gasteiger partial charge in [0, 0.05) is 84.8 Å². The maximum absolute atomic E-state index is 15.1. The number of ether oxygens (including phenoxy) is 5. The number of carbonyl (C=O) groups excluding carboxylic acids is 4. The summed E-state index contributed by atoms with van der Waals surface area (Å²) in [7, 11) is 4.81. The number of nitrogens with two attached hydrogens (primary N) is 1. The molecule has 0 spiro atoms. The summed E-state index contributed by atoms with van der Waals surface area (Å²) in [5.74, 6) is 0.281. The summed E-state index contributed by atoms with van der Waals surface area (Å²) in [6, 6.07) is 26.2. The molecular formula is C60H64Cl2FN11O9. The number of hydrogen-bond donors (Lipinski definition) is 1. The van der Waals surface area contributed by atoms with Gasteiger partial charge in [0.15, 0.2) is 11.6 Å². The van der Waals surface area contributed by atoms with Crippen molar-refractivity contribution < 1.29 is 47.3 Å². The number of rotatable bonds is 18. The van der Waals surface area contributed by atoms with Gasteiger partial charge in [0.05, 0.1) is 76.5 Å². The van der Waals surface area contributed by atoms with Gasteiger partial charge in [-0.15, -0.1) is 0 Å². The van der Waals surface area contributed by atoms with Crippen LogP contribution in [0, 0.1) is 17.1 Å². The van der Waals surface area contributed by atoms with Crippen LogP contribution < -0.4 is 19.9 Å². The Bertz CT molecular complexity index is 3450. The minimum atomic E-state index is -0.783. The number of nitrogens with zero attached hydrogens (tertiary/aromatic N) is 10. The van der Waals surface area contributed by atoms with Crippen molar-refractivity contribution in [3.8, 4) is 34.4 Å². The summed E-state index contributed by atoms with van der Waals surface area (Å²) in [4.78, 5) is 73.4. The SMILES string of the molecule is COc1ccc(C2=N[C@H](c3ccc(Cl)cc3)[C@H](c3ccc(Cl)cc3)N2C(=O)N2CCN(CCOCCOCCC(=O)N(C)CCn3nc4c(c3C#N)-c3cnc(N)c(c3)O[C@H](C)c3cc(F)ccc3C(=O)N(C)C4)C(=O)C2)c(OC(C)C)c1. The molecule has 5 amide bonds. The van der Waals surface area contributed by atoms with Crippen LogP contribution in [0.2, 0.25) is 10.0 Å². The third-order valence-electron chi connectivity index (χ3n) is 14.5. The number of urea groups is 1. The molecule has 23 heteroatoms. The van der Waals surface area contributed by atoms with Crippen LogP contribution >= 0.6 is 23.2 Å². The van der Waals surface area contributed by atoms with Gasteiger partial charge < -0.3 is 49.0 Å². The number of carbonyl (C=O) groups is 4. The van der Waals surface area contributed by atoms with E-state index in [4.69, 9.17) is 62.7 Å². The quantitative estimate of drug-likeness (QED) is 0.0796. The molecule has 434 valence electrons. The van der Waals surface area contributed by atoms with E-state index in [9.17, 15) is 24.0 Å². The molecule has 4 aromatic carbocycles. The Morgan fingerprint density at radius 2 is 1.60 bits per heavy atom. The van der Waals surface area contributed by atoms with Crippen LogP contribution in [-0.4, -0.2) is 155 Å². The Kier molecular flexibility index (Phi) is 18.8. The molecule has 2 aromatic heterocycles. The van der Waals surface area contributed by atoms with Gasteiger partial charge in [-0.2, -0.15) is 10.4 Å². The zero-order valence-electron chi connectivity index (χ0n) is 46.9. The number of anilines is 1. The fraction of sp³-hybridized carbons (Fsp3) is 0.367. The first-order valence-electron chi connectivity index (χ1n) is 27.1. The van der Waals surface area contributed by atoms with Crippen molar-refractivity contribution in [1.29, 1.82) is 5.26 Å². The van der Waals surface area contributed by atoms with Crippen LogP contribution in [0.25, 0.3) is 11.1 Å². The number of piperazine rings is 1. The molecule has 2 bridgehead atoms. The molecule has 0 unspecified atom stereocenters. The third kappa shape index (κ3) is 13.5. The Morgan fingerprint density at radius 3 is 2.29 bits per heavy atom. The second-order valence-corrected chi connectivity index (χ2v) is 21.4. The molecule has 1 fully saturated rings. The second-order valence-electron chi connectivity index (χ2n) is 20.5. The molecule has 6 aromatic rings. The lowest BCUT2D eigenvalue weighted by Gasteiger charge is -2.38. The van der Waals surface area contributed by atoms with Gasteiger partial charge in [0.2, 0.25) is 11.8 Å². The molecule has 0 radical (unpaired) electrons. The highest BCUT2D eigenvalue weighted by Gasteiger charge is 2.46. The summed E-state index contributed by atoms with van der Waals surface area (Å²) in [5, 5.41) is 16.3. The number of amidine groups is 1. The van der Waals surface area contributed by atoms with Crippen molar-refractivity contribution in [1.82, 2.24) is 39.3 Å². The van der Waals surface area contributed by atoms with Crippen molar-refractivity contribution in [2.75, 3.05) is 86.1 Å². The highest BCUT2D eigenvalue weighted by molar-refractivity contribution is 6.30. The molecule has 1 saturated heterocycles. The fourth-order valence-electron chi connectivity index (χ4n) is 10.2. The van der Waals surface area contributed by atoms with Crippen LogP contribution in [0.5, 0.6) is 17.2 Å². The van der Waals surface area contributed by atoms with E-state index in [2.05, 4.69) is 11.1 Å². The minimum Gasteiger partial charge on any atom is -0.497 e.